The van der Waals surface area contributed by atoms with Gasteiger partial charge in [-0.15, -0.1) is 0 Å². The zero-order valence-corrected chi connectivity index (χ0v) is 12.4. The molecular weight excluding hydrogens is 284 g/mol. The highest BCUT2D eigenvalue weighted by atomic mass is 35.5. The van der Waals surface area contributed by atoms with Crippen molar-refractivity contribution in [3.8, 4) is 0 Å². The average Bonchev–Trinajstić information content (AvgIpc) is 2.88. The summed E-state index contributed by atoms with van der Waals surface area (Å²) in [5.41, 5.74) is 2.01. The molecule has 106 valence electrons. The fourth-order valence-corrected chi connectivity index (χ4v) is 3.35. The molecule has 0 saturated heterocycles. The number of hydrogen-bond acceptors (Lipinski definition) is 3. The van der Waals surface area contributed by atoms with Gasteiger partial charge in [0.15, 0.2) is 12.0 Å². The standard InChI is InChI=1S/C16H15ClN4/c1-10-7-14-18-9-12-8-13(11-5-3-2-4-6-11)15(17)19-16(12)21(14)20-10/h2-5,7-9,11,13,16H,6H2,1H3. The zero-order valence-electron chi connectivity index (χ0n) is 11.6. The zero-order chi connectivity index (χ0) is 14.4. The van der Waals surface area contributed by atoms with Crippen LogP contribution in [0.5, 0.6) is 0 Å². The molecule has 2 aliphatic heterocycles. The molecule has 3 heterocycles. The predicted octanol–water partition coefficient (Wildman–Crippen LogP) is 3.73. The van der Waals surface area contributed by atoms with E-state index in [9.17, 15) is 0 Å². The molecule has 21 heavy (non-hydrogen) atoms. The highest BCUT2D eigenvalue weighted by Gasteiger charge is 2.32. The molecule has 3 unspecified atom stereocenters. The first kappa shape index (κ1) is 12.8. The molecule has 3 aliphatic rings. The van der Waals surface area contributed by atoms with Gasteiger partial charge in [-0.3, -0.25) is 0 Å². The quantitative estimate of drug-likeness (QED) is 0.779. The number of nitrogens with zero attached hydrogens (tertiary/aromatic N) is 4. The molecule has 3 atom stereocenters. The molecule has 5 heteroatoms. The van der Waals surface area contributed by atoms with Crippen molar-refractivity contribution in [2.45, 2.75) is 19.5 Å². The van der Waals surface area contributed by atoms with Crippen LogP contribution in [0.2, 0.25) is 0 Å². The fourth-order valence-electron chi connectivity index (χ4n) is 3.03. The summed E-state index contributed by atoms with van der Waals surface area (Å²) in [6.07, 6.45) is 13.4. The summed E-state index contributed by atoms with van der Waals surface area (Å²) in [7, 11) is 0. The van der Waals surface area contributed by atoms with E-state index >= 15 is 0 Å². The molecular formula is C16H15ClN4. The van der Waals surface area contributed by atoms with Crippen molar-refractivity contribution in [3.05, 3.63) is 47.7 Å². The second kappa shape index (κ2) is 4.81. The highest BCUT2D eigenvalue weighted by Crippen LogP contribution is 2.37. The van der Waals surface area contributed by atoms with E-state index in [0.717, 1.165) is 23.5 Å². The first-order chi connectivity index (χ1) is 10.2. The monoisotopic (exact) mass is 298 g/mol. The van der Waals surface area contributed by atoms with Gasteiger partial charge in [-0.25, -0.2) is 14.7 Å². The van der Waals surface area contributed by atoms with Gasteiger partial charge in [-0.2, -0.15) is 5.10 Å². The van der Waals surface area contributed by atoms with E-state index in [1.165, 1.54) is 0 Å². The lowest BCUT2D eigenvalue weighted by atomic mass is 9.84. The third-order valence-corrected chi connectivity index (χ3v) is 4.43. The molecule has 1 aliphatic carbocycles. The van der Waals surface area contributed by atoms with Gasteiger partial charge >= 0.3 is 0 Å². The summed E-state index contributed by atoms with van der Waals surface area (Å²) in [4.78, 5) is 9.15. The van der Waals surface area contributed by atoms with Crippen molar-refractivity contribution in [1.29, 1.82) is 0 Å². The first-order valence-electron chi connectivity index (χ1n) is 7.11. The smallest absolute Gasteiger partial charge is 0.171 e. The molecule has 1 aromatic heterocycles. The van der Waals surface area contributed by atoms with Gasteiger partial charge in [0, 0.05) is 23.8 Å². The van der Waals surface area contributed by atoms with Crippen molar-refractivity contribution >= 4 is 28.8 Å². The van der Waals surface area contributed by atoms with Gasteiger partial charge in [0.1, 0.15) is 5.17 Å². The van der Waals surface area contributed by atoms with Gasteiger partial charge in [-0.1, -0.05) is 42.0 Å². The number of fused-ring (bicyclic) bond motifs is 3. The molecule has 0 spiro atoms. The molecule has 4 nitrogen and oxygen atoms in total. The minimum absolute atomic E-state index is 0.128. The van der Waals surface area contributed by atoms with Crippen LogP contribution in [-0.4, -0.2) is 21.2 Å². The molecule has 0 saturated carbocycles. The Bertz CT molecular complexity index is 735. The van der Waals surface area contributed by atoms with E-state index in [1.807, 2.05) is 23.9 Å². The van der Waals surface area contributed by atoms with Crippen LogP contribution in [-0.2, 0) is 0 Å². The Hall–Kier alpha value is -1.94. The lowest BCUT2D eigenvalue weighted by Crippen LogP contribution is -2.27. The maximum Gasteiger partial charge on any atom is 0.171 e. The Morgan fingerprint density at radius 1 is 1.33 bits per heavy atom. The van der Waals surface area contributed by atoms with Crippen LogP contribution in [0.15, 0.2) is 52.0 Å². The number of halogens is 1. The van der Waals surface area contributed by atoms with E-state index in [1.54, 1.807) is 0 Å². The van der Waals surface area contributed by atoms with Crippen LogP contribution in [0.4, 0.5) is 5.82 Å². The van der Waals surface area contributed by atoms with Gasteiger partial charge in [-0.05, 0) is 19.3 Å². The van der Waals surface area contributed by atoms with E-state index < -0.39 is 0 Å². The van der Waals surface area contributed by atoms with Crippen molar-refractivity contribution < 1.29 is 0 Å². The average molecular weight is 299 g/mol. The number of aryl methyl sites for hydroxylation is 1. The van der Waals surface area contributed by atoms with E-state index in [0.29, 0.717) is 11.1 Å². The Kier molecular flexibility index (Phi) is 2.93. The van der Waals surface area contributed by atoms with Crippen LogP contribution in [0.1, 0.15) is 18.3 Å². The van der Waals surface area contributed by atoms with Gasteiger partial charge in [0.2, 0.25) is 0 Å². The summed E-state index contributed by atoms with van der Waals surface area (Å²) in [5, 5.41) is 5.13. The lowest BCUT2D eigenvalue weighted by molar-refractivity contribution is 0.508. The normalized spacial score (nSPS) is 29.7. The highest BCUT2D eigenvalue weighted by molar-refractivity contribution is 6.66. The summed E-state index contributed by atoms with van der Waals surface area (Å²) < 4.78 is 1.84. The van der Waals surface area contributed by atoms with Crippen molar-refractivity contribution in [1.82, 2.24) is 9.78 Å². The van der Waals surface area contributed by atoms with Crippen LogP contribution in [0.25, 0.3) is 0 Å². The molecule has 0 N–H and O–H groups in total. The summed E-state index contributed by atoms with van der Waals surface area (Å²) in [6, 6.07) is 1.96. The number of aliphatic imine (C=N–C) groups is 2. The summed E-state index contributed by atoms with van der Waals surface area (Å²) in [6.45, 7) is 1.96. The predicted molar refractivity (Wildman–Crippen MR) is 85.4 cm³/mol. The number of hydrogen-bond donors (Lipinski definition) is 0. The van der Waals surface area contributed by atoms with Crippen molar-refractivity contribution in [2.24, 2.45) is 21.8 Å². The Labute approximate surface area is 128 Å². The van der Waals surface area contributed by atoms with E-state index in [2.05, 4.69) is 45.5 Å². The SMILES string of the molecule is Cc1cc2n(n1)C1N=C(Cl)C(C3C=CC=CC3)C=C1C=N2. The Morgan fingerprint density at radius 2 is 2.24 bits per heavy atom. The minimum Gasteiger partial charge on any atom is -0.245 e. The van der Waals surface area contributed by atoms with Crippen molar-refractivity contribution in [2.75, 3.05) is 0 Å². The van der Waals surface area contributed by atoms with Crippen LogP contribution in [0, 0.1) is 18.8 Å². The van der Waals surface area contributed by atoms with E-state index in [4.69, 9.17) is 11.6 Å². The summed E-state index contributed by atoms with van der Waals surface area (Å²) in [5.74, 6) is 1.33. The van der Waals surface area contributed by atoms with Crippen LogP contribution < -0.4 is 0 Å². The largest absolute Gasteiger partial charge is 0.245 e. The number of dihydropyridines is 1. The van der Waals surface area contributed by atoms with Crippen molar-refractivity contribution in [3.63, 3.8) is 0 Å². The fraction of sp³-hybridized carbons (Fsp3) is 0.312. The molecule has 0 amide bonds. The van der Waals surface area contributed by atoms with Gasteiger partial charge in [0.25, 0.3) is 0 Å². The molecule has 0 aromatic carbocycles. The van der Waals surface area contributed by atoms with Crippen LogP contribution >= 0.6 is 11.6 Å². The van der Waals surface area contributed by atoms with Crippen LogP contribution in [0.3, 0.4) is 0 Å². The molecule has 0 radical (unpaired) electrons. The Balaban J connectivity index is 1.72. The molecule has 0 bridgehead atoms. The number of rotatable bonds is 1. The molecule has 4 rings (SSSR count). The lowest BCUT2D eigenvalue weighted by Gasteiger charge is -2.30. The Morgan fingerprint density at radius 3 is 3.05 bits per heavy atom. The second-order valence-electron chi connectivity index (χ2n) is 5.58. The maximum atomic E-state index is 6.47. The topological polar surface area (TPSA) is 42.5 Å². The first-order valence-corrected chi connectivity index (χ1v) is 7.48. The van der Waals surface area contributed by atoms with Gasteiger partial charge < -0.3 is 0 Å². The maximum absolute atomic E-state index is 6.47. The third-order valence-electron chi connectivity index (χ3n) is 4.08. The molecule has 0 fully saturated rings. The van der Waals surface area contributed by atoms with E-state index in [-0.39, 0.29) is 12.1 Å². The molecule has 1 aromatic rings. The number of allylic oxidation sites excluding steroid dienone is 5. The second-order valence-corrected chi connectivity index (χ2v) is 5.96. The number of aromatic nitrogens is 2. The third kappa shape index (κ3) is 2.10. The summed E-state index contributed by atoms with van der Waals surface area (Å²) >= 11 is 6.47. The van der Waals surface area contributed by atoms with Gasteiger partial charge in [0.05, 0.1) is 5.69 Å². The minimum atomic E-state index is -0.168.